The molecule has 0 aromatic heterocycles. The third-order valence-electron chi connectivity index (χ3n) is 4.26. The van der Waals surface area contributed by atoms with E-state index in [0.29, 0.717) is 41.9 Å². The molecule has 5 nitrogen and oxygen atoms in total. The fourth-order valence-corrected chi connectivity index (χ4v) is 2.78. The molecular weight excluding hydrogens is 352 g/mol. The van der Waals surface area contributed by atoms with Crippen molar-refractivity contribution in [2.45, 2.75) is 25.8 Å². The predicted octanol–water partition coefficient (Wildman–Crippen LogP) is 3.77. The molecule has 3 rings (SSSR count). The number of rotatable bonds is 8. The average molecular weight is 377 g/mol. The van der Waals surface area contributed by atoms with Crippen LogP contribution in [0.3, 0.4) is 0 Å². The summed E-state index contributed by atoms with van der Waals surface area (Å²) in [5, 5.41) is 3.04. The Hall–Kier alpha value is -2.24. The summed E-state index contributed by atoms with van der Waals surface area (Å²) in [4.78, 5) is 12.7. The molecule has 3 N–H and O–H groups in total. The fourth-order valence-electron chi connectivity index (χ4n) is 2.78. The molecule has 1 atom stereocenters. The second kappa shape index (κ2) is 9.46. The van der Waals surface area contributed by atoms with Crippen LogP contribution in [-0.2, 0) is 0 Å². The van der Waals surface area contributed by atoms with E-state index in [9.17, 15) is 4.79 Å². The molecule has 26 heavy (non-hydrogen) atoms. The molecule has 0 heterocycles. The van der Waals surface area contributed by atoms with E-state index in [2.05, 4.69) is 5.32 Å². The maximum atomic E-state index is 12.7. The molecule has 0 radical (unpaired) electrons. The average Bonchev–Trinajstić information content (AvgIpc) is 3.47. The molecule has 1 aliphatic carbocycles. The molecule has 0 aliphatic heterocycles. The lowest BCUT2D eigenvalue weighted by atomic mass is 10.1. The molecule has 1 aliphatic rings. The van der Waals surface area contributed by atoms with Gasteiger partial charge >= 0.3 is 0 Å². The van der Waals surface area contributed by atoms with Crippen LogP contribution in [-0.4, -0.2) is 25.1 Å². The number of ether oxygens (including phenoxy) is 2. The van der Waals surface area contributed by atoms with E-state index >= 15 is 0 Å². The molecule has 1 saturated carbocycles. The van der Waals surface area contributed by atoms with Crippen LogP contribution in [0.2, 0.25) is 0 Å². The van der Waals surface area contributed by atoms with Gasteiger partial charge in [0.25, 0.3) is 5.91 Å². The van der Waals surface area contributed by atoms with Crippen molar-refractivity contribution < 1.29 is 14.3 Å². The maximum absolute atomic E-state index is 12.7. The lowest BCUT2D eigenvalue weighted by Crippen LogP contribution is -2.41. The van der Waals surface area contributed by atoms with Crippen molar-refractivity contribution in [3.63, 3.8) is 0 Å². The first-order valence-electron chi connectivity index (χ1n) is 8.72. The van der Waals surface area contributed by atoms with Gasteiger partial charge in [0.15, 0.2) is 11.5 Å². The van der Waals surface area contributed by atoms with Crippen LogP contribution in [0.4, 0.5) is 0 Å². The van der Waals surface area contributed by atoms with Crippen LogP contribution in [0.5, 0.6) is 17.2 Å². The quantitative estimate of drug-likeness (QED) is 0.735. The Balaban J connectivity index is 0.00000243. The normalized spacial score (nSPS) is 14.1. The number of carbonyl (C=O) groups is 1. The number of benzene rings is 2. The van der Waals surface area contributed by atoms with E-state index in [1.165, 1.54) is 0 Å². The number of nitrogens with one attached hydrogen (secondary N) is 1. The SMILES string of the molecule is CCOc1ccccc1Oc1ccccc1C(=O)NC(CN)C1CC1.Cl. The summed E-state index contributed by atoms with van der Waals surface area (Å²) < 4.78 is 11.6. The first kappa shape index (κ1) is 20.1. The Morgan fingerprint density at radius 2 is 1.73 bits per heavy atom. The van der Waals surface area contributed by atoms with Crippen LogP contribution in [0, 0.1) is 5.92 Å². The maximum Gasteiger partial charge on any atom is 0.255 e. The summed E-state index contributed by atoms with van der Waals surface area (Å²) in [5.74, 6) is 2.08. The topological polar surface area (TPSA) is 73.6 Å². The molecule has 1 amide bonds. The van der Waals surface area contributed by atoms with Crippen molar-refractivity contribution in [3.05, 3.63) is 54.1 Å². The van der Waals surface area contributed by atoms with Crippen LogP contribution in [0.15, 0.2) is 48.5 Å². The molecule has 140 valence electrons. The first-order valence-corrected chi connectivity index (χ1v) is 8.72. The zero-order valence-corrected chi connectivity index (χ0v) is 15.6. The fraction of sp³-hybridized carbons (Fsp3) is 0.350. The Morgan fingerprint density at radius 3 is 2.35 bits per heavy atom. The van der Waals surface area contributed by atoms with E-state index in [4.69, 9.17) is 15.2 Å². The van der Waals surface area contributed by atoms with Crippen molar-refractivity contribution in [3.8, 4) is 17.2 Å². The molecule has 0 spiro atoms. The molecule has 1 unspecified atom stereocenters. The Labute approximate surface area is 160 Å². The molecular formula is C20H25ClN2O3. The predicted molar refractivity (Wildman–Crippen MR) is 104 cm³/mol. The summed E-state index contributed by atoms with van der Waals surface area (Å²) in [7, 11) is 0. The van der Waals surface area contributed by atoms with E-state index in [-0.39, 0.29) is 24.4 Å². The summed E-state index contributed by atoms with van der Waals surface area (Å²) in [6.45, 7) is 2.91. The molecule has 2 aromatic rings. The van der Waals surface area contributed by atoms with Gasteiger partial charge in [-0.05, 0) is 49.9 Å². The lowest BCUT2D eigenvalue weighted by molar-refractivity contribution is 0.0931. The van der Waals surface area contributed by atoms with E-state index in [0.717, 1.165) is 12.8 Å². The highest BCUT2D eigenvalue weighted by Gasteiger charge is 2.31. The van der Waals surface area contributed by atoms with Gasteiger partial charge < -0.3 is 20.5 Å². The highest BCUT2D eigenvalue weighted by Crippen LogP contribution is 2.34. The third kappa shape index (κ3) is 4.90. The van der Waals surface area contributed by atoms with Gasteiger partial charge in [0.05, 0.1) is 12.2 Å². The largest absolute Gasteiger partial charge is 0.490 e. The molecule has 6 heteroatoms. The van der Waals surface area contributed by atoms with Gasteiger partial charge in [-0.15, -0.1) is 12.4 Å². The summed E-state index contributed by atoms with van der Waals surface area (Å²) in [6, 6.07) is 14.7. The standard InChI is InChI=1S/C20H24N2O3.ClH/c1-2-24-18-9-5-6-10-19(18)25-17-8-4-3-7-15(17)20(23)22-16(13-21)14-11-12-14;/h3-10,14,16H,2,11-13,21H2,1H3,(H,22,23);1H. The number of nitrogens with two attached hydrogens (primary N) is 1. The minimum atomic E-state index is -0.160. The zero-order valence-electron chi connectivity index (χ0n) is 14.8. The smallest absolute Gasteiger partial charge is 0.255 e. The van der Waals surface area contributed by atoms with Gasteiger partial charge in [-0.1, -0.05) is 24.3 Å². The van der Waals surface area contributed by atoms with Crippen LogP contribution < -0.4 is 20.5 Å². The highest BCUT2D eigenvalue weighted by molar-refractivity contribution is 5.97. The van der Waals surface area contributed by atoms with Gasteiger partial charge in [-0.2, -0.15) is 0 Å². The van der Waals surface area contributed by atoms with Crippen LogP contribution in [0.25, 0.3) is 0 Å². The number of halogens is 1. The van der Waals surface area contributed by atoms with Crippen molar-refractivity contribution in [1.29, 1.82) is 0 Å². The van der Waals surface area contributed by atoms with Gasteiger partial charge in [0.2, 0.25) is 0 Å². The summed E-state index contributed by atoms with van der Waals surface area (Å²) in [6.07, 6.45) is 2.25. The molecule has 0 bridgehead atoms. The molecule has 1 fully saturated rings. The summed E-state index contributed by atoms with van der Waals surface area (Å²) in [5.41, 5.74) is 6.29. The monoisotopic (exact) mass is 376 g/mol. The van der Waals surface area contributed by atoms with Crippen molar-refractivity contribution in [1.82, 2.24) is 5.32 Å². The second-order valence-corrected chi connectivity index (χ2v) is 6.13. The molecule has 0 saturated heterocycles. The van der Waals surface area contributed by atoms with Crippen molar-refractivity contribution >= 4 is 18.3 Å². The number of hydrogen-bond donors (Lipinski definition) is 2. The molecule has 2 aromatic carbocycles. The van der Waals surface area contributed by atoms with Gasteiger partial charge in [-0.25, -0.2) is 0 Å². The highest BCUT2D eigenvalue weighted by atomic mass is 35.5. The van der Waals surface area contributed by atoms with Crippen LogP contribution in [0.1, 0.15) is 30.1 Å². The van der Waals surface area contributed by atoms with Crippen molar-refractivity contribution in [2.24, 2.45) is 11.7 Å². The minimum Gasteiger partial charge on any atom is -0.490 e. The van der Waals surface area contributed by atoms with Crippen molar-refractivity contribution in [2.75, 3.05) is 13.2 Å². The van der Waals surface area contributed by atoms with Gasteiger partial charge in [0, 0.05) is 12.6 Å². The van der Waals surface area contributed by atoms with E-state index in [1.54, 1.807) is 12.1 Å². The Kier molecular flexibility index (Phi) is 7.30. The number of amides is 1. The van der Waals surface area contributed by atoms with Gasteiger partial charge in [-0.3, -0.25) is 4.79 Å². The lowest BCUT2D eigenvalue weighted by Gasteiger charge is -2.18. The third-order valence-corrected chi connectivity index (χ3v) is 4.26. The summed E-state index contributed by atoms with van der Waals surface area (Å²) >= 11 is 0. The number of hydrogen-bond acceptors (Lipinski definition) is 4. The number of carbonyl (C=O) groups excluding carboxylic acids is 1. The van der Waals surface area contributed by atoms with Crippen LogP contribution >= 0.6 is 12.4 Å². The Morgan fingerprint density at radius 1 is 1.12 bits per heavy atom. The Bertz CT molecular complexity index is 735. The van der Waals surface area contributed by atoms with E-state index < -0.39 is 0 Å². The van der Waals surface area contributed by atoms with Gasteiger partial charge in [0.1, 0.15) is 5.75 Å². The van der Waals surface area contributed by atoms with E-state index in [1.807, 2.05) is 43.3 Å². The first-order chi connectivity index (χ1) is 12.2. The minimum absolute atomic E-state index is 0. The zero-order chi connectivity index (χ0) is 17.6. The number of para-hydroxylation sites is 3. The second-order valence-electron chi connectivity index (χ2n) is 6.13.